The van der Waals surface area contributed by atoms with E-state index in [1.807, 2.05) is 0 Å². The van der Waals surface area contributed by atoms with Crippen molar-refractivity contribution in [3.8, 4) is 0 Å². The van der Waals surface area contributed by atoms with Crippen LogP contribution in [0.1, 0.15) is 357 Å². The molecule has 0 aliphatic rings. The first kappa shape index (κ1) is 89.1. The summed E-state index contributed by atoms with van der Waals surface area (Å²) in [6, 6.07) is 0. The minimum atomic E-state index is -4.95. The van der Waals surface area contributed by atoms with Crippen molar-refractivity contribution in [3.05, 3.63) is 0 Å². The molecule has 19 heteroatoms. The van der Waals surface area contributed by atoms with Gasteiger partial charge in [0, 0.05) is 25.7 Å². The van der Waals surface area contributed by atoms with Crippen LogP contribution in [0.3, 0.4) is 0 Å². The van der Waals surface area contributed by atoms with Gasteiger partial charge in [-0.1, -0.05) is 306 Å². The third-order valence-corrected chi connectivity index (χ3v) is 18.5. The van der Waals surface area contributed by atoms with E-state index < -0.39 is 97.5 Å². The van der Waals surface area contributed by atoms with E-state index in [1.54, 1.807) is 0 Å². The number of hydrogen-bond acceptors (Lipinski definition) is 15. The summed E-state index contributed by atoms with van der Waals surface area (Å²) in [4.78, 5) is 72.6. The lowest BCUT2D eigenvalue weighted by molar-refractivity contribution is -0.161. The second kappa shape index (κ2) is 61.6. The molecule has 0 fully saturated rings. The molecule has 0 aromatic rings. The van der Waals surface area contributed by atoms with E-state index in [0.29, 0.717) is 31.6 Å². The summed E-state index contributed by atoms with van der Waals surface area (Å²) >= 11 is 0. The van der Waals surface area contributed by atoms with E-state index in [0.717, 1.165) is 114 Å². The summed E-state index contributed by atoms with van der Waals surface area (Å²) in [6.07, 6.45) is 44.6. The quantitative estimate of drug-likeness (QED) is 0.0222. The van der Waals surface area contributed by atoms with Crippen molar-refractivity contribution in [3.63, 3.8) is 0 Å². The molecular formula is C72H140O17P2. The maximum Gasteiger partial charge on any atom is 0.472 e. The second-order valence-electron chi connectivity index (χ2n) is 27.9. The van der Waals surface area contributed by atoms with Crippen LogP contribution in [-0.4, -0.2) is 96.7 Å². The number of ether oxygens (including phenoxy) is 4. The lowest BCUT2D eigenvalue weighted by Crippen LogP contribution is -2.30. The number of esters is 4. The molecule has 91 heavy (non-hydrogen) atoms. The van der Waals surface area contributed by atoms with Gasteiger partial charge in [0.05, 0.1) is 26.4 Å². The highest BCUT2D eigenvalue weighted by Gasteiger charge is 2.30. The van der Waals surface area contributed by atoms with Gasteiger partial charge < -0.3 is 33.8 Å². The maximum absolute atomic E-state index is 13.0. The first-order valence-corrected chi connectivity index (χ1v) is 40.2. The topological polar surface area (TPSA) is 237 Å². The molecule has 0 amide bonds. The van der Waals surface area contributed by atoms with Crippen molar-refractivity contribution in [1.29, 1.82) is 0 Å². The van der Waals surface area contributed by atoms with E-state index in [2.05, 4.69) is 55.4 Å². The van der Waals surface area contributed by atoms with Crippen LogP contribution in [0.5, 0.6) is 0 Å². The zero-order valence-corrected chi connectivity index (χ0v) is 61.3. The van der Waals surface area contributed by atoms with Crippen LogP contribution < -0.4 is 0 Å². The molecule has 0 heterocycles. The zero-order valence-electron chi connectivity index (χ0n) is 59.5. The summed E-state index contributed by atoms with van der Waals surface area (Å²) in [7, 11) is -9.91. The highest BCUT2D eigenvalue weighted by Crippen LogP contribution is 2.45. The maximum atomic E-state index is 13.0. The summed E-state index contributed by atoms with van der Waals surface area (Å²) < 4.78 is 68.3. The van der Waals surface area contributed by atoms with Gasteiger partial charge in [0.2, 0.25) is 0 Å². The zero-order chi connectivity index (χ0) is 67.5. The molecule has 2 unspecified atom stereocenters. The minimum absolute atomic E-state index is 0.106. The third-order valence-electron chi connectivity index (χ3n) is 16.6. The summed E-state index contributed by atoms with van der Waals surface area (Å²) in [5.74, 6) is 0.841. The fraction of sp³-hybridized carbons (Fsp3) is 0.944. The molecule has 0 aliphatic heterocycles. The minimum Gasteiger partial charge on any atom is -0.462 e. The van der Waals surface area contributed by atoms with Crippen LogP contribution >= 0.6 is 15.6 Å². The van der Waals surface area contributed by atoms with Crippen LogP contribution in [0.25, 0.3) is 0 Å². The van der Waals surface area contributed by atoms with Gasteiger partial charge in [-0.05, 0) is 49.4 Å². The molecule has 0 saturated carbocycles. The lowest BCUT2D eigenvalue weighted by atomic mass is 10.0. The van der Waals surface area contributed by atoms with Crippen LogP contribution in [0.4, 0.5) is 0 Å². The second-order valence-corrected chi connectivity index (χ2v) is 30.8. The number of aliphatic hydroxyl groups excluding tert-OH is 1. The molecule has 0 radical (unpaired) electrons. The molecule has 0 spiro atoms. The first-order valence-electron chi connectivity index (χ1n) is 37.2. The molecule has 0 bridgehead atoms. The van der Waals surface area contributed by atoms with Crippen LogP contribution in [0.2, 0.25) is 0 Å². The van der Waals surface area contributed by atoms with E-state index in [9.17, 15) is 43.2 Å². The fourth-order valence-corrected chi connectivity index (χ4v) is 12.4. The van der Waals surface area contributed by atoms with Crippen molar-refractivity contribution in [2.45, 2.75) is 375 Å². The van der Waals surface area contributed by atoms with Gasteiger partial charge in [-0.2, -0.15) is 0 Å². The smallest absolute Gasteiger partial charge is 0.462 e. The predicted octanol–water partition coefficient (Wildman–Crippen LogP) is 20.5. The predicted molar refractivity (Wildman–Crippen MR) is 367 cm³/mol. The Kier molecular flexibility index (Phi) is 60.3. The number of aliphatic hydroxyl groups is 1. The van der Waals surface area contributed by atoms with Crippen LogP contribution in [-0.2, 0) is 65.4 Å². The number of carbonyl (C=O) groups is 4. The summed E-state index contributed by atoms with van der Waals surface area (Å²) in [5.41, 5.74) is 0. The Morgan fingerprint density at radius 1 is 0.275 bits per heavy atom. The first-order chi connectivity index (χ1) is 43.6. The average Bonchev–Trinajstić information content (AvgIpc) is 3.49. The molecule has 0 aromatic carbocycles. The average molecular weight is 1340 g/mol. The normalized spacial score (nSPS) is 14.2. The SMILES string of the molecule is CC(C)CCCCCCCCCCCCCCCC(=O)O[C@H](COC(=O)CCCCCCCCC(C)C)COP(=O)(O)OC[C@H](O)COP(=O)(O)OC[C@@H](COC(=O)CCCCCCCCCCC(C)C)OC(=O)CCCCCCCCCCCCCCC(C)C. The van der Waals surface area contributed by atoms with Crippen molar-refractivity contribution >= 4 is 39.5 Å². The molecule has 0 aromatic heterocycles. The number of rotatable bonds is 69. The number of phosphoric acid groups is 2. The van der Waals surface area contributed by atoms with Crippen molar-refractivity contribution in [1.82, 2.24) is 0 Å². The van der Waals surface area contributed by atoms with E-state index in [-0.39, 0.29) is 25.7 Å². The fourth-order valence-electron chi connectivity index (χ4n) is 10.8. The Morgan fingerprint density at radius 3 is 0.681 bits per heavy atom. The number of phosphoric ester groups is 2. The van der Waals surface area contributed by atoms with Gasteiger partial charge in [0.1, 0.15) is 19.3 Å². The molecule has 0 saturated heterocycles. The molecule has 3 N–H and O–H groups in total. The highest BCUT2D eigenvalue weighted by molar-refractivity contribution is 7.47. The number of unbranched alkanes of at least 4 members (excludes halogenated alkanes) is 35. The molecule has 5 atom stereocenters. The van der Waals surface area contributed by atoms with Gasteiger partial charge in [-0.3, -0.25) is 37.3 Å². The monoisotopic (exact) mass is 1340 g/mol. The molecule has 540 valence electrons. The van der Waals surface area contributed by atoms with E-state index in [1.165, 1.54) is 154 Å². The Bertz CT molecular complexity index is 1800. The molecule has 0 rings (SSSR count). The molecule has 0 aliphatic carbocycles. The Balaban J connectivity index is 5.23. The molecular weight excluding hydrogens is 1200 g/mol. The van der Waals surface area contributed by atoms with Gasteiger partial charge in [-0.15, -0.1) is 0 Å². The third kappa shape index (κ3) is 66.5. The Hall–Kier alpha value is -1.94. The standard InChI is InChI=1S/C72H140O17P2/c1-62(2)48-40-32-24-18-14-10-9-11-16-20-28-38-46-54-72(77)89-68(59-83-70(75)53-45-37-31-30-35-43-51-65(7)8)61-87-91(80,81)85-57-66(73)56-84-90(78,79)86-60-67(58-82-69(74)52-44-36-27-23-22-26-34-42-50-64(5)6)88-71(76)55-47-39-29-21-17-13-12-15-19-25-33-41-49-63(3)4/h62-68,73H,9-61H2,1-8H3,(H,78,79)(H,80,81)/t66-,67-,68-/m1/s1. The van der Waals surface area contributed by atoms with E-state index in [4.69, 9.17) is 37.0 Å². The number of hydrogen-bond donors (Lipinski definition) is 3. The number of carbonyl (C=O) groups excluding carboxylic acids is 4. The Morgan fingerprint density at radius 2 is 0.462 bits per heavy atom. The molecule has 17 nitrogen and oxygen atoms in total. The Labute approximate surface area is 556 Å². The van der Waals surface area contributed by atoms with Crippen molar-refractivity contribution in [2.24, 2.45) is 23.7 Å². The van der Waals surface area contributed by atoms with Crippen LogP contribution in [0.15, 0.2) is 0 Å². The van der Waals surface area contributed by atoms with Gasteiger partial charge in [0.25, 0.3) is 0 Å². The van der Waals surface area contributed by atoms with Crippen molar-refractivity contribution < 1.29 is 80.2 Å². The van der Waals surface area contributed by atoms with Crippen molar-refractivity contribution in [2.75, 3.05) is 39.6 Å². The lowest BCUT2D eigenvalue weighted by Gasteiger charge is -2.21. The van der Waals surface area contributed by atoms with Crippen LogP contribution in [0, 0.1) is 23.7 Å². The largest absolute Gasteiger partial charge is 0.472 e. The summed E-state index contributed by atoms with van der Waals surface area (Å²) in [5, 5.41) is 10.6. The highest BCUT2D eigenvalue weighted by atomic mass is 31.2. The van der Waals surface area contributed by atoms with Gasteiger partial charge >= 0.3 is 39.5 Å². The van der Waals surface area contributed by atoms with Gasteiger partial charge in [-0.25, -0.2) is 9.13 Å². The summed E-state index contributed by atoms with van der Waals surface area (Å²) in [6.45, 7) is 14.1. The van der Waals surface area contributed by atoms with E-state index >= 15 is 0 Å². The van der Waals surface area contributed by atoms with Gasteiger partial charge in [0.15, 0.2) is 12.2 Å².